The number of ketones is 2. The largest absolute Gasteiger partial charge is 0.325 e. The van der Waals surface area contributed by atoms with E-state index in [2.05, 4.69) is 40.0 Å². The number of hydrogen-bond donors (Lipinski definition) is 4. The highest BCUT2D eigenvalue weighted by Gasteiger charge is 2.10. The van der Waals surface area contributed by atoms with Gasteiger partial charge in [-0.25, -0.2) is 9.59 Å². The summed E-state index contributed by atoms with van der Waals surface area (Å²) in [5.41, 5.74) is 16.0. The van der Waals surface area contributed by atoms with E-state index in [0.717, 1.165) is 23.5 Å². The molecule has 42 heavy (non-hydrogen) atoms. The third-order valence-corrected chi connectivity index (χ3v) is 7.03. The molecule has 0 bridgehead atoms. The number of H-pyrrole nitrogens is 4. The van der Waals surface area contributed by atoms with Crippen molar-refractivity contribution in [1.82, 2.24) is 19.9 Å². The Bertz CT molecular complexity index is 1780. The van der Waals surface area contributed by atoms with Crippen LogP contribution in [0.3, 0.4) is 0 Å². The molecule has 212 valence electrons. The molecule has 0 aliphatic rings. The van der Waals surface area contributed by atoms with Gasteiger partial charge in [0.15, 0.2) is 11.6 Å². The Hall–Kier alpha value is -5.54. The Morgan fingerprint density at radius 1 is 0.643 bits per heavy atom. The zero-order valence-electron chi connectivity index (χ0n) is 21.1. The van der Waals surface area contributed by atoms with Gasteiger partial charge in [-0.3, -0.25) is 29.1 Å². The van der Waals surface area contributed by atoms with Gasteiger partial charge < -0.3 is 9.97 Å². The second-order valence-electron chi connectivity index (χ2n) is 7.77. The fourth-order valence-corrected chi connectivity index (χ4v) is 4.55. The van der Waals surface area contributed by atoms with Gasteiger partial charge in [-0.05, 0) is 11.1 Å². The van der Waals surface area contributed by atoms with Crippen molar-refractivity contribution in [3.05, 3.63) is 135 Å². The van der Waals surface area contributed by atoms with E-state index in [-0.39, 0.29) is 32.9 Å². The van der Waals surface area contributed by atoms with E-state index in [1.165, 1.54) is 36.7 Å². The maximum absolute atomic E-state index is 12.0. The predicted molar refractivity (Wildman–Crippen MR) is 156 cm³/mol. The first-order valence-electron chi connectivity index (χ1n) is 11.5. The van der Waals surface area contributed by atoms with Crippen LogP contribution in [0, 0.1) is 0 Å². The highest BCUT2D eigenvalue weighted by molar-refractivity contribution is 8.00. The SMILES string of the molecule is [N-]=[N+]=Nc1ccc(C(=O)CSc2c[nH]c(=O)[nH]c2=O)cc1.[N-]=[N+]=Nc1ccc(C(=O)CSc2c[nH]c(=O)[nH]c2=O)cc1. The first-order chi connectivity index (χ1) is 20.2. The van der Waals surface area contributed by atoms with E-state index < -0.39 is 22.5 Å². The molecule has 4 aromatic rings. The summed E-state index contributed by atoms with van der Waals surface area (Å²) in [7, 11) is 0. The Kier molecular flexibility index (Phi) is 11.3. The quantitative estimate of drug-likeness (QED) is 0.0673. The smallest absolute Gasteiger partial charge is 0.313 e. The van der Waals surface area contributed by atoms with E-state index in [9.17, 15) is 28.8 Å². The predicted octanol–water partition coefficient (Wildman–Crippen LogP) is 3.96. The third kappa shape index (κ3) is 9.29. The van der Waals surface area contributed by atoms with Gasteiger partial charge in [0.1, 0.15) is 0 Å². The number of carbonyl (C=O) groups excluding carboxylic acids is 2. The monoisotopic (exact) mass is 606 g/mol. The lowest BCUT2D eigenvalue weighted by Gasteiger charge is -2.01. The molecular weight excluding hydrogens is 588 g/mol. The summed E-state index contributed by atoms with van der Waals surface area (Å²) in [6.45, 7) is 0. The van der Waals surface area contributed by atoms with Crippen LogP contribution in [-0.2, 0) is 0 Å². The number of carbonyl (C=O) groups is 2. The average molecular weight is 607 g/mol. The Morgan fingerprint density at radius 3 is 1.31 bits per heavy atom. The van der Waals surface area contributed by atoms with Crippen LogP contribution in [0.1, 0.15) is 20.7 Å². The van der Waals surface area contributed by atoms with Crippen molar-refractivity contribution in [2.45, 2.75) is 9.79 Å². The lowest BCUT2D eigenvalue weighted by Crippen LogP contribution is -2.22. The molecule has 0 aliphatic carbocycles. The molecule has 0 atom stereocenters. The lowest BCUT2D eigenvalue weighted by molar-refractivity contribution is 0.101. The molecule has 2 aromatic carbocycles. The van der Waals surface area contributed by atoms with Crippen LogP contribution in [0.15, 0.2) is 100 Å². The lowest BCUT2D eigenvalue weighted by atomic mass is 10.1. The number of benzene rings is 2. The number of aromatic amines is 4. The number of rotatable bonds is 10. The van der Waals surface area contributed by atoms with Crippen molar-refractivity contribution in [3.8, 4) is 0 Å². The molecular formula is C24H18N10O6S2. The minimum absolute atomic E-state index is 0.0516. The molecule has 16 nitrogen and oxygen atoms in total. The van der Waals surface area contributed by atoms with Crippen LogP contribution in [0.5, 0.6) is 0 Å². The van der Waals surface area contributed by atoms with Crippen molar-refractivity contribution in [3.63, 3.8) is 0 Å². The minimum Gasteiger partial charge on any atom is -0.313 e. The van der Waals surface area contributed by atoms with Crippen molar-refractivity contribution < 1.29 is 9.59 Å². The summed E-state index contributed by atoms with van der Waals surface area (Å²) < 4.78 is 0. The minimum atomic E-state index is -0.593. The van der Waals surface area contributed by atoms with Crippen LogP contribution in [0.2, 0.25) is 0 Å². The number of nitrogens with one attached hydrogen (secondary N) is 4. The Morgan fingerprint density at radius 2 is 1.00 bits per heavy atom. The van der Waals surface area contributed by atoms with Crippen molar-refractivity contribution in [1.29, 1.82) is 0 Å². The molecule has 0 aliphatic heterocycles. The second-order valence-corrected chi connectivity index (χ2v) is 9.80. The van der Waals surface area contributed by atoms with Crippen molar-refractivity contribution in [2.24, 2.45) is 10.2 Å². The van der Waals surface area contributed by atoms with Gasteiger partial charge in [-0.1, -0.05) is 58.8 Å². The molecule has 4 N–H and O–H groups in total. The fourth-order valence-electron chi connectivity index (χ4n) is 2.99. The molecule has 2 heterocycles. The van der Waals surface area contributed by atoms with E-state index >= 15 is 0 Å². The maximum atomic E-state index is 12.0. The van der Waals surface area contributed by atoms with E-state index in [4.69, 9.17) is 11.1 Å². The molecule has 4 rings (SSSR count). The highest BCUT2D eigenvalue weighted by atomic mass is 32.2. The van der Waals surface area contributed by atoms with Gasteiger partial charge >= 0.3 is 11.4 Å². The molecule has 0 saturated heterocycles. The van der Waals surface area contributed by atoms with Crippen LogP contribution in [-0.4, -0.2) is 43.0 Å². The number of thioether (sulfide) groups is 2. The second kappa shape index (κ2) is 15.3. The number of azide groups is 2. The summed E-state index contributed by atoms with van der Waals surface area (Å²) in [5.74, 6) is -0.262. The summed E-state index contributed by atoms with van der Waals surface area (Å²) >= 11 is 2.06. The third-order valence-electron chi connectivity index (χ3n) is 4.99. The van der Waals surface area contributed by atoms with Gasteiger partial charge in [0.05, 0.1) is 21.3 Å². The number of nitrogens with zero attached hydrogens (tertiary/aromatic N) is 6. The summed E-state index contributed by atoms with van der Waals surface area (Å²) in [4.78, 5) is 83.2. The highest BCUT2D eigenvalue weighted by Crippen LogP contribution is 2.18. The zero-order chi connectivity index (χ0) is 30.5. The first-order valence-corrected chi connectivity index (χ1v) is 13.4. The van der Waals surface area contributed by atoms with Gasteiger partial charge in [0, 0.05) is 44.7 Å². The Balaban J connectivity index is 0.000000230. The van der Waals surface area contributed by atoms with Crippen molar-refractivity contribution >= 4 is 46.5 Å². The molecule has 0 fully saturated rings. The van der Waals surface area contributed by atoms with Crippen LogP contribution >= 0.6 is 23.5 Å². The van der Waals surface area contributed by atoms with Gasteiger partial charge in [0.2, 0.25) is 0 Å². The zero-order valence-corrected chi connectivity index (χ0v) is 22.8. The topological polar surface area (TPSA) is 263 Å². The average Bonchev–Trinajstić information content (AvgIpc) is 2.97. The molecule has 0 spiro atoms. The summed E-state index contributed by atoms with van der Waals surface area (Å²) in [6, 6.07) is 12.3. The molecule has 0 unspecified atom stereocenters. The summed E-state index contributed by atoms with van der Waals surface area (Å²) in [6.07, 6.45) is 2.54. The van der Waals surface area contributed by atoms with E-state index in [1.54, 1.807) is 24.3 Å². The molecule has 0 amide bonds. The van der Waals surface area contributed by atoms with Gasteiger partial charge in [-0.2, -0.15) is 0 Å². The van der Waals surface area contributed by atoms with E-state index in [0.29, 0.717) is 22.5 Å². The normalized spacial score (nSPS) is 9.90. The molecule has 2 aromatic heterocycles. The fraction of sp³-hybridized carbons (Fsp3) is 0.0833. The maximum Gasteiger partial charge on any atom is 0.325 e. The molecule has 0 radical (unpaired) electrons. The van der Waals surface area contributed by atoms with Gasteiger partial charge in [0.25, 0.3) is 11.1 Å². The van der Waals surface area contributed by atoms with Crippen molar-refractivity contribution in [2.75, 3.05) is 11.5 Å². The van der Waals surface area contributed by atoms with E-state index in [1.807, 2.05) is 0 Å². The van der Waals surface area contributed by atoms with Crippen LogP contribution in [0.4, 0.5) is 11.4 Å². The standard InChI is InChI=1S/2C12H9N5O3S/c2*13-17-16-8-3-1-7(2-4-8)9(18)6-21-10-5-14-12(20)15-11(10)19/h2*1-5H,6H2,(H2,14,15,19,20). The summed E-state index contributed by atoms with van der Waals surface area (Å²) in [5, 5.41) is 6.81. The number of hydrogen-bond acceptors (Lipinski definition) is 10. The van der Waals surface area contributed by atoms with Crippen LogP contribution < -0.4 is 22.5 Å². The molecule has 0 saturated carbocycles. The van der Waals surface area contributed by atoms with Crippen LogP contribution in [0.25, 0.3) is 20.9 Å². The Labute approximate surface area is 241 Å². The number of Topliss-reactive ketones (excluding diaryl/α,β-unsaturated/α-hetero) is 2. The number of aromatic nitrogens is 4. The molecule has 18 heteroatoms. The first kappa shape index (κ1) is 31.0. The van der Waals surface area contributed by atoms with Gasteiger partial charge in [-0.15, -0.1) is 23.5 Å².